The highest BCUT2D eigenvalue weighted by Gasteiger charge is 2.37. The normalized spacial score (nSPS) is 24.2. The number of carbonyl (C=O) groups is 1. The second kappa shape index (κ2) is 9.24. The summed E-state index contributed by atoms with van der Waals surface area (Å²) in [6, 6.07) is 0.228. The Morgan fingerprint density at radius 2 is 2.16 bits per heavy atom. The van der Waals surface area contributed by atoms with Gasteiger partial charge in [-0.25, -0.2) is 0 Å². The quantitative estimate of drug-likeness (QED) is 0.774. The van der Waals surface area contributed by atoms with E-state index in [1.807, 2.05) is 6.26 Å². The smallest absolute Gasteiger partial charge is 0.240 e. The molecule has 1 saturated heterocycles. The monoisotopic (exact) mass is 388 g/mol. The van der Waals surface area contributed by atoms with Crippen molar-refractivity contribution in [2.75, 3.05) is 19.3 Å². The Morgan fingerprint density at radius 1 is 1.40 bits per heavy atom. The second-order valence-corrected chi connectivity index (χ2v) is 8.25. The molecule has 8 heteroatoms. The molecular formula is C17H29ClN4O2S. The number of likely N-dealkylation sites (tertiary alicyclic amines) is 1. The van der Waals surface area contributed by atoms with E-state index in [-0.39, 0.29) is 30.3 Å². The van der Waals surface area contributed by atoms with E-state index in [0.717, 1.165) is 37.5 Å². The van der Waals surface area contributed by atoms with Gasteiger partial charge >= 0.3 is 0 Å². The number of nitrogens with one attached hydrogen (secondary N) is 1. The standard InChI is InChI=1S/C17H28N4O2S.ClH/c1-11(2)13-7-21(9-16-19-15(10-24-3)20-23-16)8-14(13)18-17(22)12-5-4-6-12;/h11-14H,4-10H2,1-3H3,(H,18,22);1H/t13-,14+;/m1./s1. The van der Waals surface area contributed by atoms with Gasteiger partial charge in [0.2, 0.25) is 11.8 Å². The Morgan fingerprint density at radius 3 is 2.76 bits per heavy atom. The van der Waals surface area contributed by atoms with Gasteiger partial charge in [0.1, 0.15) is 0 Å². The number of halogens is 1. The fraction of sp³-hybridized carbons (Fsp3) is 0.824. The van der Waals surface area contributed by atoms with E-state index in [1.54, 1.807) is 11.8 Å². The van der Waals surface area contributed by atoms with E-state index in [2.05, 4.69) is 34.2 Å². The van der Waals surface area contributed by atoms with Crippen molar-refractivity contribution in [3.05, 3.63) is 11.7 Å². The maximum absolute atomic E-state index is 12.3. The minimum Gasteiger partial charge on any atom is -0.352 e. The van der Waals surface area contributed by atoms with Gasteiger partial charge < -0.3 is 9.84 Å². The van der Waals surface area contributed by atoms with Gasteiger partial charge in [-0.05, 0) is 30.9 Å². The van der Waals surface area contributed by atoms with Gasteiger partial charge in [0, 0.05) is 25.0 Å². The zero-order valence-corrected chi connectivity index (χ0v) is 16.9. The van der Waals surface area contributed by atoms with Crippen molar-refractivity contribution >= 4 is 30.1 Å². The van der Waals surface area contributed by atoms with Crippen molar-refractivity contribution in [1.82, 2.24) is 20.4 Å². The van der Waals surface area contributed by atoms with Crippen LogP contribution in [0.2, 0.25) is 0 Å². The maximum Gasteiger partial charge on any atom is 0.240 e. The Kier molecular flexibility index (Phi) is 7.58. The molecular weight excluding hydrogens is 360 g/mol. The number of hydrogen-bond acceptors (Lipinski definition) is 6. The van der Waals surface area contributed by atoms with Crippen molar-refractivity contribution < 1.29 is 9.32 Å². The molecule has 0 aromatic carbocycles. The molecule has 0 bridgehead atoms. The fourth-order valence-corrected chi connectivity index (χ4v) is 3.95. The summed E-state index contributed by atoms with van der Waals surface area (Å²) in [4.78, 5) is 19.1. The number of nitrogens with zero attached hydrogens (tertiary/aromatic N) is 3. The molecule has 2 heterocycles. The van der Waals surface area contributed by atoms with Crippen molar-refractivity contribution in [3.8, 4) is 0 Å². The largest absolute Gasteiger partial charge is 0.352 e. The third-order valence-electron chi connectivity index (χ3n) is 5.24. The third kappa shape index (κ3) is 5.11. The lowest BCUT2D eigenvalue weighted by Gasteiger charge is -2.29. The summed E-state index contributed by atoms with van der Waals surface area (Å²) >= 11 is 1.69. The van der Waals surface area contributed by atoms with E-state index < -0.39 is 0 Å². The highest BCUT2D eigenvalue weighted by molar-refractivity contribution is 7.97. The van der Waals surface area contributed by atoms with Gasteiger partial charge in [0.15, 0.2) is 5.82 Å². The molecule has 25 heavy (non-hydrogen) atoms. The number of amides is 1. The van der Waals surface area contributed by atoms with Crippen LogP contribution in [-0.4, -0.2) is 46.3 Å². The molecule has 6 nitrogen and oxygen atoms in total. The first kappa shape index (κ1) is 20.5. The lowest BCUT2D eigenvalue weighted by Crippen LogP contribution is -2.45. The van der Waals surface area contributed by atoms with Gasteiger partial charge in [-0.2, -0.15) is 16.7 Å². The molecule has 1 N–H and O–H groups in total. The van der Waals surface area contributed by atoms with Crippen molar-refractivity contribution in [1.29, 1.82) is 0 Å². The van der Waals surface area contributed by atoms with Crippen LogP contribution in [0.5, 0.6) is 0 Å². The Balaban J connectivity index is 0.00000225. The number of rotatable bonds is 7. The summed E-state index contributed by atoms with van der Waals surface area (Å²) < 4.78 is 5.35. The van der Waals surface area contributed by atoms with Crippen LogP contribution in [0.25, 0.3) is 0 Å². The summed E-state index contributed by atoms with van der Waals surface area (Å²) in [5.41, 5.74) is 0. The molecule has 1 aliphatic carbocycles. The highest BCUT2D eigenvalue weighted by atomic mass is 35.5. The molecule has 1 aromatic rings. The first-order chi connectivity index (χ1) is 11.6. The zero-order valence-electron chi connectivity index (χ0n) is 15.2. The summed E-state index contributed by atoms with van der Waals surface area (Å²) in [5, 5.41) is 7.31. The van der Waals surface area contributed by atoms with Crippen LogP contribution in [-0.2, 0) is 17.1 Å². The van der Waals surface area contributed by atoms with E-state index in [0.29, 0.717) is 24.3 Å². The van der Waals surface area contributed by atoms with Crippen LogP contribution >= 0.6 is 24.2 Å². The molecule has 1 saturated carbocycles. The minimum atomic E-state index is 0. The van der Waals surface area contributed by atoms with E-state index in [1.165, 1.54) is 6.42 Å². The molecule has 2 fully saturated rings. The van der Waals surface area contributed by atoms with Crippen LogP contribution in [0.1, 0.15) is 44.8 Å². The van der Waals surface area contributed by atoms with Crippen LogP contribution in [0.3, 0.4) is 0 Å². The zero-order chi connectivity index (χ0) is 17.1. The van der Waals surface area contributed by atoms with Gasteiger partial charge in [-0.1, -0.05) is 25.4 Å². The van der Waals surface area contributed by atoms with Gasteiger partial charge in [-0.15, -0.1) is 12.4 Å². The van der Waals surface area contributed by atoms with Gasteiger partial charge in [-0.3, -0.25) is 9.69 Å². The number of thioether (sulfide) groups is 1. The first-order valence-electron chi connectivity index (χ1n) is 8.90. The first-order valence-corrected chi connectivity index (χ1v) is 10.3. The van der Waals surface area contributed by atoms with E-state index >= 15 is 0 Å². The van der Waals surface area contributed by atoms with Crippen molar-refractivity contribution in [3.63, 3.8) is 0 Å². The average Bonchev–Trinajstić information content (AvgIpc) is 3.05. The molecule has 0 radical (unpaired) electrons. The SMILES string of the molecule is CSCc1noc(CN2C[C@H](NC(=O)C3CCC3)[C@@H](C(C)C)C2)n1.Cl. The molecule has 1 aromatic heterocycles. The molecule has 2 aliphatic rings. The van der Waals surface area contributed by atoms with Crippen molar-refractivity contribution in [2.45, 2.75) is 51.4 Å². The second-order valence-electron chi connectivity index (χ2n) is 7.38. The lowest BCUT2D eigenvalue weighted by atomic mass is 9.84. The summed E-state index contributed by atoms with van der Waals surface area (Å²) in [7, 11) is 0. The fourth-order valence-electron chi connectivity index (χ4n) is 3.58. The predicted molar refractivity (Wildman–Crippen MR) is 102 cm³/mol. The maximum atomic E-state index is 12.3. The van der Waals surface area contributed by atoms with Crippen LogP contribution in [0.4, 0.5) is 0 Å². The minimum absolute atomic E-state index is 0. The van der Waals surface area contributed by atoms with Crippen molar-refractivity contribution in [2.24, 2.45) is 17.8 Å². The molecule has 142 valence electrons. The highest BCUT2D eigenvalue weighted by Crippen LogP contribution is 2.29. The Labute approximate surface area is 160 Å². The number of carbonyl (C=O) groups excluding carboxylic acids is 1. The lowest BCUT2D eigenvalue weighted by molar-refractivity contribution is -0.128. The average molecular weight is 389 g/mol. The third-order valence-corrected chi connectivity index (χ3v) is 5.79. The Hall–Kier alpha value is -0.790. The van der Waals surface area contributed by atoms with Gasteiger partial charge in [0.05, 0.1) is 12.3 Å². The van der Waals surface area contributed by atoms with Crippen LogP contribution < -0.4 is 5.32 Å². The molecule has 3 rings (SSSR count). The molecule has 2 atom stereocenters. The van der Waals surface area contributed by atoms with Crippen LogP contribution in [0.15, 0.2) is 4.52 Å². The predicted octanol–water partition coefficient (Wildman–Crippen LogP) is 2.73. The topological polar surface area (TPSA) is 71.3 Å². The molecule has 1 amide bonds. The van der Waals surface area contributed by atoms with E-state index in [4.69, 9.17) is 4.52 Å². The number of hydrogen-bond donors (Lipinski definition) is 1. The molecule has 0 unspecified atom stereocenters. The summed E-state index contributed by atoms with van der Waals surface area (Å²) in [5.74, 6) is 3.72. The molecule has 0 spiro atoms. The summed E-state index contributed by atoms with van der Waals surface area (Å²) in [6.45, 7) is 6.97. The van der Waals surface area contributed by atoms with Gasteiger partial charge in [0.25, 0.3) is 0 Å². The van der Waals surface area contributed by atoms with Crippen LogP contribution in [0, 0.1) is 17.8 Å². The molecule has 1 aliphatic heterocycles. The number of aromatic nitrogens is 2. The Bertz CT molecular complexity index is 565. The summed E-state index contributed by atoms with van der Waals surface area (Å²) in [6.07, 6.45) is 5.32. The van der Waals surface area contributed by atoms with E-state index in [9.17, 15) is 4.79 Å².